The van der Waals surface area contributed by atoms with Gasteiger partial charge in [-0.25, -0.2) is 9.97 Å². The monoisotopic (exact) mass is 192 g/mol. The SMILES string of the molecule is Cn1ncnc1Cn1cnc(CN)c1. The molecule has 0 aliphatic carbocycles. The Morgan fingerprint density at radius 1 is 1.43 bits per heavy atom. The quantitative estimate of drug-likeness (QED) is 0.712. The molecule has 0 aliphatic rings. The van der Waals surface area contributed by atoms with Crippen LogP contribution in [0.15, 0.2) is 18.9 Å². The van der Waals surface area contributed by atoms with Gasteiger partial charge in [0.2, 0.25) is 0 Å². The minimum atomic E-state index is 0.464. The van der Waals surface area contributed by atoms with Gasteiger partial charge in [0.25, 0.3) is 0 Å². The molecule has 0 radical (unpaired) electrons. The molecule has 2 heterocycles. The Morgan fingerprint density at radius 3 is 2.86 bits per heavy atom. The van der Waals surface area contributed by atoms with Crippen LogP contribution in [0.2, 0.25) is 0 Å². The number of imidazole rings is 1. The van der Waals surface area contributed by atoms with Crippen LogP contribution in [0.3, 0.4) is 0 Å². The Kier molecular flexibility index (Phi) is 2.28. The third-order valence-corrected chi connectivity index (χ3v) is 2.03. The van der Waals surface area contributed by atoms with Crippen LogP contribution in [0.1, 0.15) is 11.5 Å². The number of rotatable bonds is 3. The van der Waals surface area contributed by atoms with Crippen molar-refractivity contribution >= 4 is 0 Å². The van der Waals surface area contributed by atoms with E-state index < -0.39 is 0 Å². The van der Waals surface area contributed by atoms with Crippen LogP contribution >= 0.6 is 0 Å². The maximum absolute atomic E-state index is 5.46. The van der Waals surface area contributed by atoms with Gasteiger partial charge in [-0.15, -0.1) is 0 Å². The van der Waals surface area contributed by atoms with Crippen molar-refractivity contribution in [1.29, 1.82) is 0 Å². The largest absolute Gasteiger partial charge is 0.330 e. The third-order valence-electron chi connectivity index (χ3n) is 2.03. The van der Waals surface area contributed by atoms with Gasteiger partial charge in [-0.3, -0.25) is 4.68 Å². The molecular formula is C8H12N6. The van der Waals surface area contributed by atoms with E-state index in [-0.39, 0.29) is 0 Å². The maximum atomic E-state index is 5.46. The molecule has 2 rings (SSSR count). The minimum absolute atomic E-state index is 0.464. The number of hydrogen-bond donors (Lipinski definition) is 1. The van der Waals surface area contributed by atoms with Gasteiger partial charge in [-0.1, -0.05) is 0 Å². The fraction of sp³-hybridized carbons (Fsp3) is 0.375. The molecule has 0 spiro atoms. The summed E-state index contributed by atoms with van der Waals surface area (Å²) in [6, 6.07) is 0. The van der Waals surface area contributed by atoms with Gasteiger partial charge in [0.1, 0.15) is 12.2 Å². The van der Waals surface area contributed by atoms with E-state index in [2.05, 4.69) is 15.1 Å². The highest BCUT2D eigenvalue weighted by atomic mass is 15.3. The van der Waals surface area contributed by atoms with Gasteiger partial charge in [0.05, 0.1) is 18.6 Å². The summed E-state index contributed by atoms with van der Waals surface area (Å²) in [4.78, 5) is 8.24. The van der Waals surface area contributed by atoms with Crippen molar-refractivity contribution in [2.75, 3.05) is 0 Å². The predicted octanol–water partition coefficient (Wildman–Crippen LogP) is -0.481. The smallest absolute Gasteiger partial charge is 0.146 e. The van der Waals surface area contributed by atoms with E-state index >= 15 is 0 Å². The van der Waals surface area contributed by atoms with Gasteiger partial charge in [-0.2, -0.15) is 5.10 Å². The highest BCUT2D eigenvalue weighted by Crippen LogP contribution is 1.99. The van der Waals surface area contributed by atoms with E-state index in [9.17, 15) is 0 Å². The highest BCUT2D eigenvalue weighted by molar-refractivity contribution is 4.97. The summed E-state index contributed by atoms with van der Waals surface area (Å²) in [7, 11) is 1.86. The molecular weight excluding hydrogens is 180 g/mol. The summed E-state index contributed by atoms with van der Waals surface area (Å²) in [5.41, 5.74) is 6.34. The fourth-order valence-electron chi connectivity index (χ4n) is 1.22. The number of aryl methyl sites for hydroxylation is 1. The first-order valence-electron chi connectivity index (χ1n) is 4.33. The number of hydrogen-bond acceptors (Lipinski definition) is 4. The van der Waals surface area contributed by atoms with E-state index in [0.717, 1.165) is 11.5 Å². The molecule has 0 bridgehead atoms. The fourth-order valence-corrected chi connectivity index (χ4v) is 1.22. The van der Waals surface area contributed by atoms with Crippen molar-refractivity contribution in [1.82, 2.24) is 24.3 Å². The van der Waals surface area contributed by atoms with Crippen molar-refractivity contribution in [3.05, 3.63) is 30.4 Å². The van der Waals surface area contributed by atoms with Gasteiger partial charge in [-0.05, 0) is 0 Å². The Bertz CT molecular complexity index is 415. The lowest BCUT2D eigenvalue weighted by molar-refractivity contribution is 0.653. The van der Waals surface area contributed by atoms with Crippen LogP contribution in [-0.4, -0.2) is 24.3 Å². The van der Waals surface area contributed by atoms with Crippen LogP contribution in [0.4, 0.5) is 0 Å². The second-order valence-corrected chi connectivity index (χ2v) is 3.04. The average molecular weight is 192 g/mol. The Morgan fingerprint density at radius 2 is 2.29 bits per heavy atom. The van der Waals surface area contributed by atoms with Crippen molar-refractivity contribution in [2.24, 2.45) is 12.8 Å². The normalized spacial score (nSPS) is 10.7. The first-order chi connectivity index (χ1) is 6.79. The number of aromatic nitrogens is 5. The van der Waals surface area contributed by atoms with Crippen molar-refractivity contribution in [2.45, 2.75) is 13.1 Å². The molecule has 0 saturated heterocycles. The molecule has 0 aromatic carbocycles. The lowest BCUT2D eigenvalue weighted by Gasteiger charge is -2.00. The molecule has 0 unspecified atom stereocenters. The van der Waals surface area contributed by atoms with Gasteiger partial charge in [0, 0.05) is 19.8 Å². The summed E-state index contributed by atoms with van der Waals surface area (Å²) < 4.78 is 3.67. The standard InChI is InChI=1S/C8H12N6/c1-13-8(10-5-12-13)4-14-3-7(2-9)11-6-14/h3,5-6H,2,4,9H2,1H3. The van der Waals surface area contributed by atoms with Crippen LogP contribution in [0.5, 0.6) is 0 Å². The summed E-state index contributed by atoms with van der Waals surface area (Å²) in [6.45, 7) is 1.13. The third kappa shape index (κ3) is 1.64. The van der Waals surface area contributed by atoms with Gasteiger partial charge in [0.15, 0.2) is 0 Å². The minimum Gasteiger partial charge on any atom is -0.330 e. The summed E-state index contributed by atoms with van der Waals surface area (Å²) in [5.74, 6) is 0.894. The molecule has 14 heavy (non-hydrogen) atoms. The molecule has 2 aromatic heterocycles. The Hall–Kier alpha value is -1.69. The predicted molar refractivity (Wildman–Crippen MR) is 50.2 cm³/mol. The maximum Gasteiger partial charge on any atom is 0.146 e. The molecule has 2 aromatic rings. The average Bonchev–Trinajstić information content (AvgIpc) is 2.77. The van der Waals surface area contributed by atoms with Crippen LogP contribution in [0.25, 0.3) is 0 Å². The topological polar surface area (TPSA) is 74.5 Å². The molecule has 0 fully saturated rings. The molecule has 0 saturated carbocycles. The molecule has 6 heteroatoms. The molecule has 6 nitrogen and oxygen atoms in total. The van der Waals surface area contributed by atoms with E-state index in [1.165, 1.54) is 6.33 Å². The first kappa shape index (κ1) is 8.89. The zero-order valence-electron chi connectivity index (χ0n) is 7.96. The summed E-state index contributed by atoms with van der Waals surface area (Å²) in [6.07, 6.45) is 5.20. The molecule has 74 valence electrons. The number of nitrogens with two attached hydrogens (primary N) is 1. The Labute approximate surface area is 81.4 Å². The van der Waals surface area contributed by atoms with Gasteiger partial charge >= 0.3 is 0 Å². The van der Waals surface area contributed by atoms with Crippen molar-refractivity contribution < 1.29 is 0 Å². The zero-order chi connectivity index (χ0) is 9.97. The van der Waals surface area contributed by atoms with Crippen LogP contribution in [0, 0.1) is 0 Å². The summed E-state index contributed by atoms with van der Waals surface area (Å²) in [5, 5.41) is 3.99. The highest BCUT2D eigenvalue weighted by Gasteiger charge is 2.02. The van der Waals surface area contributed by atoms with E-state index in [1.54, 1.807) is 11.0 Å². The second kappa shape index (κ2) is 3.59. The van der Waals surface area contributed by atoms with Gasteiger partial charge < -0.3 is 10.3 Å². The van der Waals surface area contributed by atoms with E-state index in [4.69, 9.17) is 5.73 Å². The first-order valence-corrected chi connectivity index (χ1v) is 4.33. The molecule has 0 amide bonds. The molecule has 2 N–H and O–H groups in total. The van der Waals surface area contributed by atoms with E-state index in [0.29, 0.717) is 13.1 Å². The van der Waals surface area contributed by atoms with Crippen LogP contribution < -0.4 is 5.73 Å². The van der Waals surface area contributed by atoms with Crippen molar-refractivity contribution in [3.63, 3.8) is 0 Å². The lowest BCUT2D eigenvalue weighted by atomic mass is 10.5. The Balaban J connectivity index is 2.15. The lowest BCUT2D eigenvalue weighted by Crippen LogP contribution is -2.05. The summed E-state index contributed by atoms with van der Waals surface area (Å²) >= 11 is 0. The second-order valence-electron chi connectivity index (χ2n) is 3.04. The molecule has 0 atom stereocenters. The van der Waals surface area contributed by atoms with Crippen molar-refractivity contribution in [3.8, 4) is 0 Å². The van der Waals surface area contributed by atoms with E-state index in [1.807, 2.05) is 17.8 Å². The molecule has 0 aliphatic heterocycles. The zero-order valence-corrected chi connectivity index (χ0v) is 7.96. The van der Waals surface area contributed by atoms with Crippen LogP contribution in [-0.2, 0) is 20.1 Å². The number of nitrogens with zero attached hydrogens (tertiary/aromatic N) is 5.